The third-order valence-corrected chi connectivity index (χ3v) is 12.4. The van der Waals surface area contributed by atoms with E-state index in [1.807, 2.05) is 13.8 Å². The molecule has 0 aromatic heterocycles. The van der Waals surface area contributed by atoms with E-state index < -0.39 is 15.9 Å². The summed E-state index contributed by atoms with van der Waals surface area (Å²) < 4.78 is 31.5. The third kappa shape index (κ3) is 5.40. The van der Waals surface area contributed by atoms with Crippen molar-refractivity contribution in [3.8, 4) is 0 Å². The number of carbonyl (C=O) groups is 1. The standard InChI is InChI=1S/C29H51NO5S/c1-19(2)30(16-17-36(33,34)35)27(32)11-6-20(3)24-9-10-25-23-8-7-21-18-22(31)12-14-28(21,4)26(23)13-15-29(24,25)5/h19-26,31H,6-18H2,1-5H3,(H,33,34,35)/t20-,21-,22-,23+,24-,25+,26+,28+,29-/m1/s1. The number of hydrogen-bond donors (Lipinski definition) is 2. The van der Waals surface area contributed by atoms with Crippen molar-refractivity contribution in [2.24, 2.45) is 46.3 Å². The van der Waals surface area contributed by atoms with Gasteiger partial charge in [0.1, 0.15) is 0 Å². The highest BCUT2D eigenvalue weighted by atomic mass is 32.2. The van der Waals surface area contributed by atoms with Gasteiger partial charge in [0.05, 0.1) is 11.9 Å². The third-order valence-electron chi connectivity index (χ3n) is 11.7. The fourth-order valence-corrected chi connectivity index (χ4v) is 10.2. The fourth-order valence-electron chi connectivity index (χ4n) is 9.79. The van der Waals surface area contributed by atoms with E-state index in [1.54, 1.807) is 4.90 Å². The maximum Gasteiger partial charge on any atom is 0.266 e. The maximum atomic E-state index is 13.0. The van der Waals surface area contributed by atoms with Gasteiger partial charge in [-0.15, -0.1) is 0 Å². The first kappa shape index (κ1) is 28.4. The zero-order chi connectivity index (χ0) is 26.5. The van der Waals surface area contributed by atoms with Gasteiger partial charge in [-0.2, -0.15) is 8.42 Å². The van der Waals surface area contributed by atoms with Crippen LogP contribution in [0.1, 0.15) is 105 Å². The minimum absolute atomic E-state index is 0.00496. The summed E-state index contributed by atoms with van der Waals surface area (Å²) in [5.41, 5.74) is 0.756. The number of fused-ring (bicyclic) bond motifs is 5. The normalized spacial score (nSPS) is 41.3. The molecule has 4 saturated carbocycles. The minimum atomic E-state index is -4.08. The molecule has 0 bridgehead atoms. The Morgan fingerprint density at radius 3 is 2.31 bits per heavy atom. The quantitative estimate of drug-likeness (QED) is 0.405. The molecular weight excluding hydrogens is 474 g/mol. The molecule has 0 heterocycles. The first-order valence-corrected chi connectivity index (χ1v) is 16.3. The summed E-state index contributed by atoms with van der Waals surface area (Å²) in [4.78, 5) is 14.6. The highest BCUT2D eigenvalue weighted by Gasteiger charge is 2.60. The van der Waals surface area contributed by atoms with Gasteiger partial charge in [-0.1, -0.05) is 20.8 Å². The lowest BCUT2D eigenvalue weighted by Gasteiger charge is -2.61. The Bertz CT molecular complexity index is 905. The summed E-state index contributed by atoms with van der Waals surface area (Å²) in [5, 5.41) is 10.3. The zero-order valence-corrected chi connectivity index (χ0v) is 24.1. The van der Waals surface area contributed by atoms with Crippen LogP contribution >= 0.6 is 0 Å². The van der Waals surface area contributed by atoms with E-state index in [0.29, 0.717) is 35.0 Å². The van der Waals surface area contributed by atoms with Gasteiger partial charge < -0.3 is 10.0 Å². The van der Waals surface area contributed by atoms with Crippen LogP contribution in [0.2, 0.25) is 0 Å². The van der Waals surface area contributed by atoms with Crippen LogP contribution in [0.4, 0.5) is 0 Å². The van der Waals surface area contributed by atoms with Gasteiger partial charge in [0.2, 0.25) is 5.91 Å². The molecule has 2 N–H and O–H groups in total. The first-order valence-electron chi connectivity index (χ1n) is 14.7. The summed E-state index contributed by atoms with van der Waals surface area (Å²) >= 11 is 0. The molecule has 4 rings (SSSR count). The molecule has 4 fully saturated rings. The van der Waals surface area contributed by atoms with Crippen molar-refractivity contribution in [2.45, 2.75) is 117 Å². The van der Waals surface area contributed by atoms with Crippen LogP contribution in [0.15, 0.2) is 0 Å². The predicted octanol–water partition coefficient (Wildman–Crippen LogP) is 5.55. The fraction of sp³-hybridized carbons (Fsp3) is 0.966. The second kappa shape index (κ2) is 10.5. The number of amides is 1. The molecule has 0 spiro atoms. The Morgan fingerprint density at radius 2 is 1.64 bits per heavy atom. The van der Waals surface area contributed by atoms with Crippen LogP contribution in [0, 0.1) is 46.3 Å². The largest absolute Gasteiger partial charge is 0.393 e. The van der Waals surface area contributed by atoms with Gasteiger partial charge in [0.15, 0.2) is 0 Å². The number of aliphatic hydroxyl groups is 1. The van der Waals surface area contributed by atoms with E-state index in [0.717, 1.165) is 37.0 Å². The molecule has 4 aliphatic carbocycles. The molecule has 0 aromatic carbocycles. The Balaban J connectivity index is 1.38. The van der Waals surface area contributed by atoms with Crippen molar-refractivity contribution in [2.75, 3.05) is 12.3 Å². The van der Waals surface area contributed by atoms with Crippen molar-refractivity contribution < 1.29 is 22.9 Å². The average Bonchev–Trinajstić information content (AvgIpc) is 3.14. The average molecular weight is 526 g/mol. The number of aliphatic hydroxyl groups excluding tert-OH is 1. The lowest BCUT2D eigenvalue weighted by Crippen LogP contribution is -2.54. The van der Waals surface area contributed by atoms with E-state index in [2.05, 4.69) is 20.8 Å². The summed E-state index contributed by atoms with van der Waals surface area (Å²) in [6.45, 7) is 11.3. The van der Waals surface area contributed by atoms with Gasteiger partial charge >= 0.3 is 0 Å². The lowest BCUT2D eigenvalue weighted by molar-refractivity contribution is -0.134. The highest BCUT2D eigenvalue weighted by molar-refractivity contribution is 7.85. The number of nitrogens with zero attached hydrogens (tertiary/aromatic N) is 1. The molecule has 0 unspecified atom stereocenters. The maximum absolute atomic E-state index is 13.0. The van der Waals surface area contributed by atoms with Gasteiger partial charge in [-0.25, -0.2) is 0 Å². The molecule has 0 radical (unpaired) electrons. The van der Waals surface area contributed by atoms with E-state index in [9.17, 15) is 18.3 Å². The van der Waals surface area contributed by atoms with E-state index >= 15 is 0 Å². The SMILES string of the molecule is CC(C)N(CCS(=O)(=O)O)C(=O)CC[C@@H](C)[C@H]1CC[C@H]2[C@@H]3CC[C@@H]4C[C@H](O)CC[C@]4(C)[C@H]3CC[C@]12C. The Kier molecular flexibility index (Phi) is 8.26. The Morgan fingerprint density at radius 1 is 0.972 bits per heavy atom. The van der Waals surface area contributed by atoms with Crippen molar-refractivity contribution >= 4 is 16.0 Å². The highest BCUT2D eigenvalue weighted by Crippen LogP contribution is 2.68. The smallest absolute Gasteiger partial charge is 0.266 e. The Hall–Kier alpha value is -0.660. The monoisotopic (exact) mass is 525 g/mol. The molecule has 6 nitrogen and oxygen atoms in total. The molecule has 9 atom stereocenters. The topological polar surface area (TPSA) is 94.9 Å². The van der Waals surface area contributed by atoms with Gasteiger partial charge in [-0.3, -0.25) is 9.35 Å². The van der Waals surface area contributed by atoms with Crippen LogP contribution in [0.25, 0.3) is 0 Å². The van der Waals surface area contributed by atoms with Crippen LogP contribution in [-0.4, -0.2) is 53.3 Å². The Labute approximate surface area is 219 Å². The number of hydrogen-bond acceptors (Lipinski definition) is 4. The second-order valence-electron chi connectivity index (χ2n) is 13.8. The number of rotatable bonds is 8. The molecule has 4 aliphatic rings. The second-order valence-corrected chi connectivity index (χ2v) is 15.4. The first-order chi connectivity index (χ1) is 16.8. The van der Waals surface area contributed by atoms with Crippen LogP contribution in [0.5, 0.6) is 0 Å². The summed E-state index contributed by atoms with van der Waals surface area (Å²) in [6.07, 6.45) is 12.2. The van der Waals surface area contributed by atoms with E-state index in [1.165, 1.54) is 44.9 Å². The molecule has 0 saturated heterocycles. The lowest BCUT2D eigenvalue weighted by atomic mass is 9.44. The van der Waals surface area contributed by atoms with Gasteiger partial charge in [-0.05, 0) is 124 Å². The van der Waals surface area contributed by atoms with Crippen molar-refractivity contribution in [1.29, 1.82) is 0 Å². The predicted molar refractivity (Wildman–Crippen MR) is 143 cm³/mol. The van der Waals surface area contributed by atoms with Crippen molar-refractivity contribution in [3.63, 3.8) is 0 Å². The molecule has 0 aliphatic heterocycles. The summed E-state index contributed by atoms with van der Waals surface area (Å²) in [7, 11) is -4.08. The minimum Gasteiger partial charge on any atom is -0.393 e. The zero-order valence-electron chi connectivity index (χ0n) is 23.3. The molecule has 0 aromatic rings. The summed E-state index contributed by atoms with van der Waals surface area (Å²) in [5.74, 6) is 3.79. The van der Waals surface area contributed by atoms with Gasteiger partial charge in [0, 0.05) is 19.0 Å². The van der Waals surface area contributed by atoms with Crippen LogP contribution in [0.3, 0.4) is 0 Å². The van der Waals surface area contributed by atoms with E-state index in [4.69, 9.17) is 4.55 Å². The molecule has 36 heavy (non-hydrogen) atoms. The van der Waals surface area contributed by atoms with Crippen LogP contribution < -0.4 is 0 Å². The summed E-state index contributed by atoms with van der Waals surface area (Å²) in [6, 6.07) is -0.0874. The van der Waals surface area contributed by atoms with Crippen LogP contribution in [-0.2, 0) is 14.9 Å². The molecule has 1 amide bonds. The molecule has 208 valence electrons. The van der Waals surface area contributed by atoms with Gasteiger partial charge in [0.25, 0.3) is 10.1 Å². The van der Waals surface area contributed by atoms with E-state index in [-0.39, 0.29) is 24.6 Å². The molecular formula is C29H51NO5S. The number of carbonyl (C=O) groups excluding carboxylic acids is 1. The van der Waals surface area contributed by atoms with Crippen molar-refractivity contribution in [1.82, 2.24) is 4.90 Å². The molecule has 7 heteroatoms. The van der Waals surface area contributed by atoms with Crippen molar-refractivity contribution in [3.05, 3.63) is 0 Å².